The van der Waals surface area contributed by atoms with Crippen molar-refractivity contribution in [2.75, 3.05) is 11.9 Å². The number of hydrogen-bond donors (Lipinski definition) is 2. The van der Waals surface area contributed by atoms with Crippen molar-refractivity contribution in [3.63, 3.8) is 0 Å². The largest absolute Gasteiger partial charge is 0.478 e. The summed E-state index contributed by atoms with van der Waals surface area (Å²) in [7, 11) is 0. The van der Waals surface area contributed by atoms with Crippen molar-refractivity contribution in [1.29, 1.82) is 0 Å². The quantitative estimate of drug-likeness (QED) is 0.403. The van der Waals surface area contributed by atoms with Gasteiger partial charge in [-0.25, -0.2) is 14.6 Å². The molecule has 1 atom stereocenters. The molecule has 3 aromatic rings. The highest BCUT2D eigenvalue weighted by Gasteiger charge is 2.36. The molecule has 0 aromatic heterocycles. The van der Waals surface area contributed by atoms with Crippen molar-refractivity contribution >= 4 is 52.1 Å². The Hall–Kier alpha value is -4.44. The second-order valence-electron chi connectivity index (χ2n) is 8.31. The second-order valence-corrected chi connectivity index (χ2v) is 9.48. The first-order chi connectivity index (χ1) is 18.3. The minimum atomic E-state index is -1.06. The molecule has 1 fully saturated rings. The van der Waals surface area contributed by atoms with Crippen LogP contribution in [0.5, 0.6) is 0 Å². The van der Waals surface area contributed by atoms with E-state index < -0.39 is 23.1 Å². The van der Waals surface area contributed by atoms with E-state index in [0.29, 0.717) is 22.1 Å². The molecule has 1 heterocycles. The molecule has 0 radical (unpaired) electrons. The van der Waals surface area contributed by atoms with E-state index in [0.717, 1.165) is 5.56 Å². The van der Waals surface area contributed by atoms with Gasteiger partial charge in [-0.3, -0.25) is 14.5 Å². The number of anilines is 1. The van der Waals surface area contributed by atoms with Gasteiger partial charge in [0.1, 0.15) is 5.25 Å². The third-order valence-corrected chi connectivity index (χ3v) is 6.81. The number of amides is 2. The van der Waals surface area contributed by atoms with Crippen molar-refractivity contribution in [2.24, 2.45) is 4.99 Å². The maximum Gasteiger partial charge on any atom is 0.338 e. The monoisotopic (exact) mass is 531 g/mol. The fraction of sp³-hybridized carbons (Fsp3) is 0.179. The van der Waals surface area contributed by atoms with Crippen molar-refractivity contribution in [3.8, 4) is 0 Å². The zero-order chi connectivity index (χ0) is 27.1. The Morgan fingerprint density at radius 3 is 2.29 bits per heavy atom. The molecule has 0 saturated carbocycles. The van der Waals surface area contributed by atoms with Crippen LogP contribution >= 0.6 is 11.8 Å². The maximum atomic E-state index is 13.2. The lowest BCUT2D eigenvalue weighted by molar-refractivity contribution is -0.129. The summed E-state index contributed by atoms with van der Waals surface area (Å²) in [5.41, 5.74) is 2.33. The van der Waals surface area contributed by atoms with Gasteiger partial charge >= 0.3 is 11.9 Å². The second kappa shape index (κ2) is 12.2. The summed E-state index contributed by atoms with van der Waals surface area (Å²) in [5, 5.41) is 11.4. The number of carbonyl (C=O) groups is 4. The number of amidine groups is 1. The number of carbonyl (C=O) groups excluding carboxylic acids is 3. The number of carboxylic acid groups (broad SMARTS) is 1. The predicted molar refractivity (Wildman–Crippen MR) is 145 cm³/mol. The molecular weight excluding hydrogens is 506 g/mol. The third-order valence-electron chi connectivity index (χ3n) is 5.62. The topological polar surface area (TPSA) is 125 Å². The van der Waals surface area contributed by atoms with Crippen LogP contribution in [0.25, 0.3) is 0 Å². The van der Waals surface area contributed by atoms with Crippen LogP contribution in [0.1, 0.15) is 39.6 Å². The number of rotatable bonds is 8. The van der Waals surface area contributed by atoms with Crippen LogP contribution < -0.4 is 5.32 Å². The lowest BCUT2D eigenvalue weighted by Crippen LogP contribution is -2.44. The Balaban J connectivity index is 1.57. The van der Waals surface area contributed by atoms with Crippen LogP contribution in [0.4, 0.5) is 11.4 Å². The molecule has 0 unspecified atom stereocenters. The zero-order valence-corrected chi connectivity index (χ0v) is 21.3. The number of ether oxygens (including phenoxy) is 1. The molecule has 10 heteroatoms. The first-order valence-electron chi connectivity index (χ1n) is 11.8. The van der Waals surface area contributed by atoms with Crippen molar-refractivity contribution in [1.82, 2.24) is 4.90 Å². The smallest absolute Gasteiger partial charge is 0.338 e. The number of benzene rings is 3. The fourth-order valence-electron chi connectivity index (χ4n) is 3.68. The van der Waals surface area contributed by atoms with Crippen molar-refractivity contribution in [2.45, 2.75) is 25.1 Å². The minimum Gasteiger partial charge on any atom is -0.478 e. The number of esters is 1. The molecule has 1 aliphatic rings. The zero-order valence-electron chi connectivity index (χ0n) is 20.5. The Kier molecular flexibility index (Phi) is 8.55. The summed E-state index contributed by atoms with van der Waals surface area (Å²) in [5.74, 6) is -2.15. The molecule has 38 heavy (non-hydrogen) atoms. The van der Waals surface area contributed by atoms with E-state index in [1.807, 2.05) is 30.3 Å². The van der Waals surface area contributed by atoms with E-state index >= 15 is 0 Å². The molecule has 2 amide bonds. The number of nitrogens with one attached hydrogen (secondary N) is 1. The Bertz CT molecular complexity index is 1360. The molecule has 3 aromatic carbocycles. The summed E-state index contributed by atoms with van der Waals surface area (Å²) < 4.78 is 5.02. The summed E-state index contributed by atoms with van der Waals surface area (Å²) in [6.45, 7) is 2.29. The molecule has 1 saturated heterocycles. The first-order valence-corrected chi connectivity index (χ1v) is 12.7. The van der Waals surface area contributed by atoms with Crippen LogP contribution in [0.2, 0.25) is 0 Å². The average Bonchev–Trinajstić information content (AvgIpc) is 2.92. The fourth-order valence-corrected chi connectivity index (χ4v) is 4.78. The van der Waals surface area contributed by atoms with Gasteiger partial charge in [-0.15, -0.1) is 0 Å². The lowest BCUT2D eigenvalue weighted by atomic mass is 10.2. The SMILES string of the molecule is CCOC(=O)c1ccc(N=C2S[C@@H](C(=O)Nc3ccc(C(=O)O)cc3)CC(=O)N2Cc2ccccc2)cc1. The number of carboxylic acids is 1. The van der Waals surface area contributed by atoms with E-state index in [2.05, 4.69) is 10.3 Å². The van der Waals surface area contributed by atoms with E-state index in [-0.39, 0.29) is 31.0 Å². The Morgan fingerprint density at radius 1 is 1.00 bits per heavy atom. The summed E-state index contributed by atoms with van der Waals surface area (Å²) in [6, 6.07) is 21.7. The molecule has 0 bridgehead atoms. The van der Waals surface area contributed by atoms with Crippen molar-refractivity contribution in [3.05, 3.63) is 95.6 Å². The predicted octanol–water partition coefficient (Wildman–Crippen LogP) is 4.72. The van der Waals surface area contributed by atoms with Gasteiger partial charge in [-0.2, -0.15) is 0 Å². The highest BCUT2D eigenvalue weighted by atomic mass is 32.2. The molecule has 0 spiro atoms. The third kappa shape index (κ3) is 6.65. The minimum absolute atomic E-state index is 0.0304. The average molecular weight is 532 g/mol. The molecule has 1 aliphatic heterocycles. The highest BCUT2D eigenvalue weighted by Crippen LogP contribution is 2.31. The normalized spacial score (nSPS) is 16.2. The van der Waals surface area contributed by atoms with Gasteiger partial charge in [0.05, 0.1) is 30.0 Å². The van der Waals surface area contributed by atoms with Crippen LogP contribution in [0.15, 0.2) is 83.9 Å². The van der Waals surface area contributed by atoms with E-state index in [1.54, 1.807) is 36.1 Å². The van der Waals surface area contributed by atoms with Gasteiger partial charge in [0.2, 0.25) is 11.8 Å². The number of thioether (sulfide) groups is 1. The Labute approximate surface area is 223 Å². The number of aromatic carboxylic acids is 1. The van der Waals surface area contributed by atoms with Crippen LogP contribution in [-0.4, -0.2) is 50.8 Å². The summed E-state index contributed by atoms with van der Waals surface area (Å²) >= 11 is 1.17. The van der Waals surface area contributed by atoms with Gasteiger partial charge in [0, 0.05) is 12.1 Å². The molecule has 194 valence electrons. The van der Waals surface area contributed by atoms with Gasteiger partial charge in [0.25, 0.3) is 0 Å². The first kappa shape index (κ1) is 26.6. The summed E-state index contributed by atoms with van der Waals surface area (Å²) in [4.78, 5) is 55.5. The maximum absolute atomic E-state index is 13.2. The van der Waals surface area contributed by atoms with E-state index in [1.165, 1.54) is 36.0 Å². The van der Waals surface area contributed by atoms with Gasteiger partial charge < -0.3 is 15.2 Å². The highest BCUT2D eigenvalue weighted by molar-refractivity contribution is 8.15. The van der Waals surface area contributed by atoms with Crippen LogP contribution in [-0.2, 0) is 20.9 Å². The molecular formula is C28H25N3O6S. The Morgan fingerprint density at radius 2 is 1.66 bits per heavy atom. The van der Waals surface area contributed by atoms with Crippen LogP contribution in [0, 0.1) is 0 Å². The van der Waals surface area contributed by atoms with Gasteiger partial charge in [-0.1, -0.05) is 42.1 Å². The van der Waals surface area contributed by atoms with E-state index in [9.17, 15) is 19.2 Å². The van der Waals surface area contributed by atoms with Crippen LogP contribution in [0.3, 0.4) is 0 Å². The lowest BCUT2D eigenvalue weighted by Gasteiger charge is -2.32. The van der Waals surface area contributed by atoms with Gasteiger partial charge in [0.15, 0.2) is 5.17 Å². The standard InChI is InChI=1S/C28H25N3O6S/c1-2-37-27(36)20-10-14-22(15-11-20)30-28-31(17-18-6-4-3-5-7-18)24(32)16-23(38-28)25(33)29-21-12-8-19(9-13-21)26(34)35/h3-15,23H,2,16-17H2,1H3,(H,29,33)(H,34,35)/t23-/m1/s1. The van der Waals surface area contributed by atoms with E-state index in [4.69, 9.17) is 9.84 Å². The number of aliphatic imine (C=N–C) groups is 1. The number of nitrogens with zero attached hydrogens (tertiary/aromatic N) is 2. The number of hydrogen-bond acceptors (Lipinski definition) is 7. The molecule has 9 nitrogen and oxygen atoms in total. The van der Waals surface area contributed by atoms with Crippen molar-refractivity contribution < 1.29 is 29.0 Å². The van der Waals surface area contributed by atoms with Gasteiger partial charge in [-0.05, 0) is 61.0 Å². The molecule has 4 rings (SSSR count). The summed E-state index contributed by atoms with van der Waals surface area (Å²) in [6.07, 6.45) is -0.0304. The molecule has 0 aliphatic carbocycles. The molecule has 2 N–H and O–H groups in total.